The van der Waals surface area contributed by atoms with Crippen molar-refractivity contribution in [3.05, 3.63) is 59.4 Å². The number of carbonyl (C=O) groups is 2. The summed E-state index contributed by atoms with van der Waals surface area (Å²) in [6, 6.07) is 12.3. The number of hydrogen-bond donors (Lipinski definition) is 2. The van der Waals surface area contributed by atoms with Gasteiger partial charge in [0.1, 0.15) is 0 Å². The van der Waals surface area contributed by atoms with Gasteiger partial charge in [-0.3, -0.25) is 9.59 Å². The topological polar surface area (TPSA) is 71.1 Å². The fourth-order valence-corrected chi connectivity index (χ4v) is 1.91. The zero-order chi connectivity index (χ0) is 15.2. The van der Waals surface area contributed by atoms with Crippen molar-refractivity contribution in [3.8, 4) is 0 Å². The summed E-state index contributed by atoms with van der Waals surface area (Å²) < 4.78 is 0. The first kappa shape index (κ1) is 15.0. The fourth-order valence-electron chi connectivity index (χ4n) is 1.75. The molecule has 6 heteroatoms. The van der Waals surface area contributed by atoms with Crippen molar-refractivity contribution < 1.29 is 9.59 Å². The Morgan fingerprint density at radius 3 is 2.48 bits per heavy atom. The average Bonchev–Trinajstić information content (AvgIpc) is 2.50. The van der Waals surface area contributed by atoms with E-state index in [9.17, 15) is 9.59 Å². The summed E-state index contributed by atoms with van der Waals surface area (Å²) in [4.78, 5) is 27.5. The second-order valence-electron chi connectivity index (χ2n) is 4.40. The molecule has 2 aromatic rings. The molecule has 1 heterocycles. The van der Waals surface area contributed by atoms with Gasteiger partial charge in [0.15, 0.2) is 5.15 Å². The number of hydrogen-bond acceptors (Lipinski definition) is 3. The highest BCUT2D eigenvalue weighted by Crippen LogP contribution is 2.17. The highest BCUT2D eigenvalue weighted by Gasteiger charge is 2.18. The number of pyridine rings is 1. The fraction of sp³-hybridized carbons (Fsp3) is 0.133. The Morgan fingerprint density at radius 1 is 1.10 bits per heavy atom. The van der Waals surface area contributed by atoms with Crippen LogP contribution in [0.2, 0.25) is 5.15 Å². The van der Waals surface area contributed by atoms with E-state index < -0.39 is 11.8 Å². The molecule has 1 aromatic carbocycles. The molecule has 1 unspecified atom stereocenters. The summed E-state index contributed by atoms with van der Waals surface area (Å²) in [5, 5.41) is 5.18. The first-order valence-electron chi connectivity index (χ1n) is 6.35. The molecule has 0 bridgehead atoms. The normalized spacial score (nSPS) is 11.5. The van der Waals surface area contributed by atoms with Crippen LogP contribution in [0.3, 0.4) is 0 Å². The number of benzene rings is 1. The van der Waals surface area contributed by atoms with Gasteiger partial charge < -0.3 is 10.6 Å². The van der Waals surface area contributed by atoms with E-state index in [1.807, 2.05) is 30.3 Å². The molecule has 108 valence electrons. The van der Waals surface area contributed by atoms with Crippen molar-refractivity contribution in [2.75, 3.05) is 5.32 Å². The van der Waals surface area contributed by atoms with Gasteiger partial charge in [0.25, 0.3) is 0 Å². The van der Waals surface area contributed by atoms with Gasteiger partial charge in [-0.1, -0.05) is 41.9 Å². The van der Waals surface area contributed by atoms with Crippen LogP contribution in [0.15, 0.2) is 48.7 Å². The maximum Gasteiger partial charge on any atom is 0.313 e. The van der Waals surface area contributed by atoms with Gasteiger partial charge in [-0.25, -0.2) is 4.98 Å². The predicted octanol–water partition coefficient (Wildman–Crippen LogP) is 2.55. The number of rotatable bonds is 3. The molecule has 1 aromatic heterocycles. The molecule has 0 radical (unpaired) electrons. The summed E-state index contributed by atoms with van der Waals surface area (Å²) in [5.41, 5.74) is 1.21. The Labute approximate surface area is 127 Å². The largest absolute Gasteiger partial charge is 0.341 e. The lowest BCUT2D eigenvalue weighted by atomic mass is 10.1. The van der Waals surface area contributed by atoms with Crippen LogP contribution in [0.5, 0.6) is 0 Å². The standard InChI is InChI=1S/C15H14ClN3O2/c1-10(11-6-3-2-4-7-11)18-14(20)15(21)19-12-8-5-9-17-13(12)16/h2-10H,1H3,(H,18,20)(H,19,21). The van der Waals surface area contributed by atoms with Crippen molar-refractivity contribution in [1.29, 1.82) is 0 Å². The molecule has 0 saturated carbocycles. The van der Waals surface area contributed by atoms with E-state index in [0.717, 1.165) is 5.56 Å². The highest BCUT2D eigenvalue weighted by molar-refractivity contribution is 6.41. The van der Waals surface area contributed by atoms with Crippen molar-refractivity contribution in [1.82, 2.24) is 10.3 Å². The maximum atomic E-state index is 11.9. The Bertz CT molecular complexity index is 646. The van der Waals surface area contributed by atoms with E-state index in [1.165, 1.54) is 6.20 Å². The van der Waals surface area contributed by atoms with Crippen LogP contribution in [-0.2, 0) is 9.59 Å². The number of nitrogens with one attached hydrogen (secondary N) is 2. The third kappa shape index (κ3) is 4.03. The molecule has 0 aliphatic rings. The van der Waals surface area contributed by atoms with Gasteiger partial charge in [0.2, 0.25) is 0 Å². The van der Waals surface area contributed by atoms with Crippen molar-refractivity contribution >= 4 is 29.1 Å². The van der Waals surface area contributed by atoms with Crippen LogP contribution in [0, 0.1) is 0 Å². The second kappa shape index (κ2) is 6.85. The van der Waals surface area contributed by atoms with Gasteiger partial charge >= 0.3 is 11.8 Å². The number of amides is 2. The quantitative estimate of drug-likeness (QED) is 0.676. The van der Waals surface area contributed by atoms with Crippen molar-refractivity contribution in [2.45, 2.75) is 13.0 Å². The first-order chi connectivity index (χ1) is 10.1. The zero-order valence-electron chi connectivity index (χ0n) is 11.3. The molecule has 2 amide bonds. The van der Waals surface area contributed by atoms with E-state index in [-0.39, 0.29) is 11.2 Å². The average molecular weight is 304 g/mol. The Kier molecular flexibility index (Phi) is 4.90. The maximum absolute atomic E-state index is 11.9. The third-order valence-electron chi connectivity index (χ3n) is 2.86. The van der Waals surface area contributed by atoms with Crippen LogP contribution < -0.4 is 10.6 Å². The number of nitrogens with zero attached hydrogens (tertiary/aromatic N) is 1. The summed E-state index contributed by atoms with van der Waals surface area (Å²) >= 11 is 5.82. The van der Waals surface area contributed by atoms with Gasteiger partial charge in [-0.2, -0.15) is 0 Å². The number of anilines is 1. The molecule has 5 nitrogen and oxygen atoms in total. The van der Waals surface area contributed by atoms with E-state index in [1.54, 1.807) is 19.1 Å². The molecular weight excluding hydrogens is 290 g/mol. The summed E-state index contributed by atoms with van der Waals surface area (Å²) in [7, 11) is 0. The molecule has 21 heavy (non-hydrogen) atoms. The third-order valence-corrected chi connectivity index (χ3v) is 3.16. The molecule has 0 aliphatic heterocycles. The van der Waals surface area contributed by atoms with E-state index in [0.29, 0.717) is 5.69 Å². The lowest BCUT2D eigenvalue weighted by Gasteiger charge is -2.14. The van der Waals surface area contributed by atoms with Gasteiger partial charge in [-0.15, -0.1) is 0 Å². The zero-order valence-corrected chi connectivity index (χ0v) is 12.1. The predicted molar refractivity (Wildman–Crippen MR) is 80.9 cm³/mol. The lowest BCUT2D eigenvalue weighted by molar-refractivity contribution is -0.136. The molecular formula is C15H14ClN3O2. The SMILES string of the molecule is CC(NC(=O)C(=O)Nc1cccnc1Cl)c1ccccc1. The smallest absolute Gasteiger partial charge is 0.313 e. The van der Waals surface area contributed by atoms with Crippen LogP contribution in [0.4, 0.5) is 5.69 Å². The van der Waals surface area contributed by atoms with Crippen molar-refractivity contribution in [3.63, 3.8) is 0 Å². The minimum Gasteiger partial charge on any atom is -0.341 e. The van der Waals surface area contributed by atoms with Gasteiger partial charge in [0, 0.05) is 6.20 Å². The molecule has 2 N–H and O–H groups in total. The molecule has 0 spiro atoms. The second-order valence-corrected chi connectivity index (χ2v) is 4.76. The Hall–Kier alpha value is -2.40. The Morgan fingerprint density at radius 2 is 1.81 bits per heavy atom. The molecule has 0 aliphatic carbocycles. The van der Waals surface area contributed by atoms with E-state index in [2.05, 4.69) is 15.6 Å². The lowest BCUT2D eigenvalue weighted by Crippen LogP contribution is -2.37. The van der Waals surface area contributed by atoms with Crippen LogP contribution in [0.1, 0.15) is 18.5 Å². The van der Waals surface area contributed by atoms with Crippen LogP contribution in [0.25, 0.3) is 0 Å². The Balaban J connectivity index is 1.97. The number of halogens is 1. The molecule has 2 rings (SSSR count). The summed E-state index contributed by atoms with van der Waals surface area (Å²) in [6.07, 6.45) is 1.50. The molecule has 0 fully saturated rings. The minimum absolute atomic E-state index is 0.134. The molecule has 0 saturated heterocycles. The highest BCUT2D eigenvalue weighted by atomic mass is 35.5. The van der Waals surface area contributed by atoms with Gasteiger partial charge in [-0.05, 0) is 24.6 Å². The summed E-state index contributed by atoms with van der Waals surface area (Å²) in [6.45, 7) is 1.80. The summed E-state index contributed by atoms with van der Waals surface area (Å²) in [5.74, 6) is -1.51. The van der Waals surface area contributed by atoms with E-state index in [4.69, 9.17) is 11.6 Å². The number of aromatic nitrogens is 1. The van der Waals surface area contributed by atoms with Gasteiger partial charge in [0.05, 0.1) is 11.7 Å². The molecule has 1 atom stereocenters. The number of carbonyl (C=O) groups excluding carboxylic acids is 2. The van der Waals surface area contributed by atoms with Crippen LogP contribution in [-0.4, -0.2) is 16.8 Å². The van der Waals surface area contributed by atoms with E-state index >= 15 is 0 Å². The first-order valence-corrected chi connectivity index (χ1v) is 6.73. The minimum atomic E-state index is -0.785. The van der Waals surface area contributed by atoms with Crippen LogP contribution >= 0.6 is 11.6 Å². The van der Waals surface area contributed by atoms with Crippen molar-refractivity contribution in [2.24, 2.45) is 0 Å². The monoisotopic (exact) mass is 303 g/mol.